The first-order valence-corrected chi connectivity index (χ1v) is 9.28. The summed E-state index contributed by atoms with van der Waals surface area (Å²) in [5.74, 6) is 1.45. The fraction of sp³-hybridized carbons (Fsp3) is 0.300. The summed E-state index contributed by atoms with van der Waals surface area (Å²) < 4.78 is 11.8. The van der Waals surface area contributed by atoms with Gasteiger partial charge in [-0.15, -0.1) is 11.3 Å². The highest BCUT2D eigenvalue weighted by molar-refractivity contribution is 7.18. The van der Waals surface area contributed by atoms with Crippen LogP contribution in [0, 0.1) is 0 Å². The van der Waals surface area contributed by atoms with Crippen LogP contribution in [0.2, 0.25) is 0 Å². The van der Waals surface area contributed by atoms with Crippen LogP contribution in [-0.4, -0.2) is 25.1 Å². The number of aromatic nitrogens is 1. The molecule has 26 heavy (non-hydrogen) atoms. The fourth-order valence-electron chi connectivity index (χ4n) is 2.82. The van der Waals surface area contributed by atoms with Gasteiger partial charge in [0.25, 0.3) is 0 Å². The van der Waals surface area contributed by atoms with Crippen LogP contribution in [0.15, 0.2) is 42.5 Å². The zero-order valence-electron chi connectivity index (χ0n) is 15.1. The Hall–Kier alpha value is -2.60. The summed E-state index contributed by atoms with van der Waals surface area (Å²) in [5, 5.41) is 4.01. The van der Waals surface area contributed by atoms with Gasteiger partial charge in [-0.25, -0.2) is 4.98 Å². The molecular weight excluding hydrogens is 348 g/mol. The number of para-hydroxylation sites is 1. The van der Waals surface area contributed by atoms with E-state index in [1.165, 1.54) is 0 Å². The second kappa shape index (κ2) is 8.19. The van der Waals surface area contributed by atoms with E-state index in [0.29, 0.717) is 12.8 Å². The molecule has 0 radical (unpaired) electrons. The number of carbonyl (C=O) groups excluding carboxylic acids is 1. The Kier molecular flexibility index (Phi) is 5.73. The van der Waals surface area contributed by atoms with Crippen LogP contribution >= 0.6 is 11.3 Å². The van der Waals surface area contributed by atoms with Crippen molar-refractivity contribution in [1.82, 2.24) is 10.3 Å². The van der Waals surface area contributed by atoms with E-state index >= 15 is 0 Å². The Labute approximate surface area is 157 Å². The van der Waals surface area contributed by atoms with E-state index in [1.54, 1.807) is 25.6 Å². The molecule has 0 saturated heterocycles. The number of aryl methyl sites for hydroxylation is 1. The average Bonchev–Trinajstić information content (AvgIpc) is 3.08. The van der Waals surface area contributed by atoms with Gasteiger partial charge >= 0.3 is 0 Å². The minimum Gasteiger partial charge on any atom is -0.497 e. The van der Waals surface area contributed by atoms with Gasteiger partial charge in [0, 0.05) is 18.4 Å². The van der Waals surface area contributed by atoms with Crippen LogP contribution < -0.4 is 14.8 Å². The molecule has 6 heteroatoms. The number of nitrogens with one attached hydrogen (secondary N) is 1. The highest BCUT2D eigenvalue weighted by Gasteiger charge is 2.16. The predicted molar refractivity (Wildman–Crippen MR) is 104 cm³/mol. The standard InChI is InChI=1S/C20H22N2O3S/c1-13(15-12-14(24-2)8-9-17(15)25-3)21-19(23)10-11-20-22-16-6-4-5-7-18(16)26-20/h4-9,12-13H,10-11H2,1-3H3,(H,21,23). The van der Waals surface area contributed by atoms with Gasteiger partial charge in [0.1, 0.15) is 11.5 Å². The number of amides is 1. The number of fused-ring (bicyclic) bond motifs is 1. The molecule has 0 fully saturated rings. The predicted octanol–water partition coefficient (Wildman–Crippen LogP) is 4.12. The number of benzene rings is 2. The molecule has 1 N–H and O–H groups in total. The number of methoxy groups -OCH3 is 2. The molecule has 0 bridgehead atoms. The maximum atomic E-state index is 12.4. The monoisotopic (exact) mass is 370 g/mol. The van der Waals surface area contributed by atoms with E-state index in [9.17, 15) is 4.79 Å². The molecule has 1 unspecified atom stereocenters. The lowest BCUT2D eigenvalue weighted by Gasteiger charge is -2.18. The Bertz CT molecular complexity index is 874. The molecule has 0 spiro atoms. The van der Waals surface area contributed by atoms with Crippen molar-refractivity contribution in [3.8, 4) is 11.5 Å². The van der Waals surface area contributed by atoms with Crippen molar-refractivity contribution in [1.29, 1.82) is 0 Å². The minimum atomic E-state index is -0.178. The van der Waals surface area contributed by atoms with Gasteiger partial charge in [0.2, 0.25) is 5.91 Å². The molecule has 1 amide bonds. The molecule has 5 nitrogen and oxygen atoms in total. The van der Waals surface area contributed by atoms with Crippen LogP contribution in [0.4, 0.5) is 0 Å². The molecule has 1 heterocycles. The summed E-state index contributed by atoms with van der Waals surface area (Å²) >= 11 is 1.64. The number of carbonyl (C=O) groups is 1. The number of thiazole rings is 1. The van der Waals surface area contributed by atoms with Gasteiger partial charge in [0.15, 0.2) is 0 Å². The summed E-state index contributed by atoms with van der Waals surface area (Å²) in [4.78, 5) is 16.9. The molecule has 0 aliphatic heterocycles. The Balaban J connectivity index is 1.62. The van der Waals surface area contributed by atoms with Gasteiger partial charge in [-0.05, 0) is 37.3 Å². The first-order valence-electron chi connectivity index (χ1n) is 8.46. The smallest absolute Gasteiger partial charge is 0.220 e. The zero-order valence-corrected chi connectivity index (χ0v) is 15.9. The summed E-state index contributed by atoms with van der Waals surface area (Å²) in [6, 6.07) is 13.4. The molecule has 1 atom stereocenters. The van der Waals surface area contributed by atoms with E-state index in [2.05, 4.69) is 10.3 Å². The number of ether oxygens (including phenoxy) is 2. The number of hydrogen-bond donors (Lipinski definition) is 1. The lowest BCUT2D eigenvalue weighted by Crippen LogP contribution is -2.27. The number of nitrogens with zero attached hydrogens (tertiary/aromatic N) is 1. The quantitative estimate of drug-likeness (QED) is 0.679. The highest BCUT2D eigenvalue weighted by Crippen LogP contribution is 2.29. The second-order valence-electron chi connectivity index (χ2n) is 5.97. The first kappa shape index (κ1) is 18.2. The third kappa shape index (κ3) is 4.14. The molecule has 0 aliphatic carbocycles. The largest absolute Gasteiger partial charge is 0.497 e. The van der Waals surface area contributed by atoms with Crippen LogP contribution in [0.1, 0.15) is 30.0 Å². The van der Waals surface area contributed by atoms with Crippen molar-refractivity contribution in [3.05, 3.63) is 53.0 Å². The molecular formula is C20H22N2O3S. The zero-order chi connectivity index (χ0) is 18.5. The molecule has 1 aromatic heterocycles. The minimum absolute atomic E-state index is 0.0124. The number of rotatable bonds is 7. The van der Waals surface area contributed by atoms with Crippen molar-refractivity contribution >= 4 is 27.5 Å². The second-order valence-corrected chi connectivity index (χ2v) is 7.09. The third-order valence-corrected chi connectivity index (χ3v) is 5.28. The van der Waals surface area contributed by atoms with Gasteiger partial charge in [-0.2, -0.15) is 0 Å². The fourth-order valence-corrected chi connectivity index (χ4v) is 3.78. The SMILES string of the molecule is COc1ccc(OC)c(C(C)NC(=O)CCc2nc3ccccc3s2)c1. The molecule has 3 rings (SSSR count). The maximum Gasteiger partial charge on any atom is 0.220 e. The van der Waals surface area contributed by atoms with Crippen molar-refractivity contribution < 1.29 is 14.3 Å². The Morgan fingerprint density at radius 1 is 1.19 bits per heavy atom. The van der Waals surface area contributed by atoms with Crippen LogP contribution in [0.25, 0.3) is 10.2 Å². The Morgan fingerprint density at radius 3 is 2.73 bits per heavy atom. The van der Waals surface area contributed by atoms with Gasteiger partial charge < -0.3 is 14.8 Å². The van der Waals surface area contributed by atoms with Crippen molar-refractivity contribution in [2.75, 3.05) is 14.2 Å². The summed E-state index contributed by atoms with van der Waals surface area (Å²) in [5.41, 5.74) is 1.88. The topological polar surface area (TPSA) is 60.5 Å². The van der Waals surface area contributed by atoms with E-state index in [-0.39, 0.29) is 11.9 Å². The Morgan fingerprint density at radius 2 is 2.00 bits per heavy atom. The molecule has 136 valence electrons. The van der Waals surface area contributed by atoms with Crippen LogP contribution in [0.3, 0.4) is 0 Å². The van der Waals surface area contributed by atoms with Crippen molar-refractivity contribution in [3.63, 3.8) is 0 Å². The maximum absolute atomic E-state index is 12.4. The number of hydrogen-bond acceptors (Lipinski definition) is 5. The molecule has 2 aromatic carbocycles. The van der Waals surface area contributed by atoms with E-state index in [0.717, 1.165) is 32.3 Å². The summed E-state index contributed by atoms with van der Waals surface area (Å²) in [6.07, 6.45) is 1.03. The van der Waals surface area contributed by atoms with Gasteiger partial charge in [-0.1, -0.05) is 12.1 Å². The average molecular weight is 370 g/mol. The van der Waals surface area contributed by atoms with E-state index in [4.69, 9.17) is 9.47 Å². The van der Waals surface area contributed by atoms with E-state index in [1.807, 2.05) is 49.4 Å². The van der Waals surface area contributed by atoms with Crippen molar-refractivity contribution in [2.24, 2.45) is 0 Å². The van der Waals surface area contributed by atoms with Crippen LogP contribution in [-0.2, 0) is 11.2 Å². The van der Waals surface area contributed by atoms with Gasteiger partial charge in [-0.3, -0.25) is 4.79 Å². The van der Waals surface area contributed by atoms with Crippen molar-refractivity contribution in [2.45, 2.75) is 25.8 Å². The molecule has 0 aliphatic rings. The third-order valence-electron chi connectivity index (χ3n) is 4.18. The first-order chi connectivity index (χ1) is 12.6. The summed E-state index contributed by atoms with van der Waals surface area (Å²) in [6.45, 7) is 1.94. The van der Waals surface area contributed by atoms with E-state index < -0.39 is 0 Å². The normalized spacial score (nSPS) is 12.0. The highest BCUT2D eigenvalue weighted by atomic mass is 32.1. The molecule has 0 saturated carbocycles. The lowest BCUT2D eigenvalue weighted by atomic mass is 10.1. The van der Waals surface area contributed by atoms with Gasteiger partial charge in [0.05, 0.1) is 35.5 Å². The summed E-state index contributed by atoms with van der Waals surface area (Å²) in [7, 11) is 3.24. The van der Waals surface area contributed by atoms with Crippen LogP contribution in [0.5, 0.6) is 11.5 Å². The lowest BCUT2D eigenvalue weighted by molar-refractivity contribution is -0.121. The molecule has 3 aromatic rings.